The minimum atomic E-state index is -0.180. The molecule has 1 aliphatic carbocycles. The molecule has 0 unspecified atom stereocenters. The molecule has 0 fully saturated rings. The van der Waals surface area contributed by atoms with E-state index in [1.165, 1.54) is 28.0 Å². The van der Waals surface area contributed by atoms with Gasteiger partial charge in [-0.3, -0.25) is 4.79 Å². The Labute approximate surface area is 160 Å². The highest BCUT2D eigenvalue weighted by Crippen LogP contribution is 2.44. The van der Waals surface area contributed by atoms with Crippen molar-refractivity contribution in [2.45, 2.75) is 45.2 Å². The summed E-state index contributed by atoms with van der Waals surface area (Å²) in [6, 6.07) is 2.28. The Balaban J connectivity index is 1.70. The average molecular weight is 391 g/mol. The van der Waals surface area contributed by atoms with Gasteiger partial charge in [-0.15, -0.1) is 16.4 Å². The molecular formula is C17H22N6OS2. The number of nitrogens with one attached hydrogen (secondary N) is 2. The molecule has 0 saturated heterocycles. The van der Waals surface area contributed by atoms with Crippen LogP contribution in [0.2, 0.25) is 0 Å². The number of aromatic nitrogens is 3. The summed E-state index contributed by atoms with van der Waals surface area (Å²) >= 11 is 2.74. The Morgan fingerprint density at radius 1 is 1.54 bits per heavy atom. The number of nitriles is 1. The highest BCUT2D eigenvalue weighted by molar-refractivity contribution is 7.99. The fourth-order valence-electron chi connectivity index (χ4n) is 3.15. The number of carbonyl (C=O) groups excluding carboxylic acids is 1. The van der Waals surface area contributed by atoms with Crippen LogP contribution < -0.4 is 11.1 Å². The van der Waals surface area contributed by atoms with Crippen LogP contribution >= 0.6 is 23.1 Å². The fraction of sp³-hybridized carbons (Fsp3) is 0.529. The number of nitrogen functional groups attached to an aromatic ring is 1. The minimum absolute atomic E-state index is 0.162. The number of thioether (sulfide) groups is 1. The number of thiophene rings is 1. The largest absolute Gasteiger partial charge is 0.368 e. The Hall–Kier alpha value is -2.05. The number of carbonyl (C=O) groups is 1. The molecule has 1 amide bonds. The van der Waals surface area contributed by atoms with Crippen LogP contribution in [-0.4, -0.2) is 26.8 Å². The molecule has 9 heteroatoms. The van der Waals surface area contributed by atoms with Gasteiger partial charge in [-0.05, 0) is 36.2 Å². The molecule has 0 spiro atoms. The quantitative estimate of drug-likeness (QED) is 0.689. The summed E-state index contributed by atoms with van der Waals surface area (Å²) in [7, 11) is 0. The third kappa shape index (κ3) is 4.02. The van der Waals surface area contributed by atoms with Crippen molar-refractivity contribution in [1.82, 2.24) is 15.2 Å². The third-order valence-electron chi connectivity index (χ3n) is 4.67. The van der Waals surface area contributed by atoms with Crippen molar-refractivity contribution in [3.05, 3.63) is 16.0 Å². The summed E-state index contributed by atoms with van der Waals surface area (Å²) in [5, 5.41) is 20.0. The van der Waals surface area contributed by atoms with Crippen LogP contribution in [0, 0.1) is 22.7 Å². The van der Waals surface area contributed by atoms with Crippen LogP contribution in [0.4, 0.5) is 10.9 Å². The number of hydrogen-bond donors (Lipinski definition) is 3. The lowest BCUT2D eigenvalue weighted by atomic mass is 9.72. The van der Waals surface area contributed by atoms with Crippen LogP contribution in [0.1, 0.15) is 43.2 Å². The SMILES string of the molecule is CC(C)(C)[C@H]1CCc2c(sc(NC(=O)CSc3n[nH]c(N)n3)c2C#N)C1. The summed E-state index contributed by atoms with van der Waals surface area (Å²) in [5.74, 6) is 0.797. The van der Waals surface area contributed by atoms with E-state index < -0.39 is 0 Å². The van der Waals surface area contributed by atoms with Gasteiger partial charge >= 0.3 is 0 Å². The second kappa shape index (κ2) is 7.29. The fourth-order valence-corrected chi connectivity index (χ4v) is 5.05. The van der Waals surface area contributed by atoms with Gasteiger partial charge in [0.15, 0.2) is 0 Å². The van der Waals surface area contributed by atoms with Crippen molar-refractivity contribution in [3.63, 3.8) is 0 Å². The summed E-state index contributed by atoms with van der Waals surface area (Å²) in [6.07, 6.45) is 2.95. The van der Waals surface area contributed by atoms with E-state index in [0.29, 0.717) is 21.6 Å². The van der Waals surface area contributed by atoms with Gasteiger partial charge in [0.25, 0.3) is 0 Å². The van der Waals surface area contributed by atoms with Crippen LogP contribution in [0.25, 0.3) is 0 Å². The first-order valence-corrected chi connectivity index (χ1v) is 10.2. The number of nitrogens with two attached hydrogens (primary N) is 1. The lowest BCUT2D eigenvalue weighted by Crippen LogP contribution is -2.26. The number of H-pyrrole nitrogens is 1. The van der Waals surface area contributed by atoms with Gasteiger partial charge in [-0.2, -0.15) is 10.2 Å². The number of nitrogens with zero attached hydrogens (tertiary/aromatic N) is 3. The van der Waals surface area contributed by atoms with E-state index in [4.69, 9.17) is 5.73 Å². The van der Waals surface area contributed by atoms with E-state index in [2.05, 4.69) is 47.3 Å². The van der Waals surface area contributed by atoms with E-state index >= 15 is 0 Å². The molecular weight excluding hydrogens is 368 g/mol. The highest BCUT2D eigenvalue weighted by Gasteiger charge is 2.32. The molecule has 3 rings (SSSR count). The van der Waals surface area contributed by atoms with Gasteiger partial charge in [0, 0.05) is 4.88 Å². The van der Waals surface area contributed by atoms with Crippen molar-refractivity contribution >= 4 is 40.0 Å². The smallest absolute Gasteiger partial charge is 0.235 e. The van der Waals surface area contributed by atoms with Crippen molar-refractivity contribution in [1.29, 1.82) is 5.26 Å². The standard InChI is InChI=1S/C17H22N6OS2/c1-17(2,3)9-4-5-10-11(7-18)14(26-12(10)6-9)20-13(24)8-25-16-21-15(19)22-23-16/h9H,4-6,8H2,1-3H3,(H,20,24)(H3,19,21,22,23)/t9-/m0/s1. The molecule has 2 heterocycles. The summed E-state index contributed by atoms with van der Waals surface area (Å²) in [5.41, 5.74) is 7.45. The monoisotopic (exact) mass is 390 g/mol. The zero-order valence-electron chi connectivity index (χ0n) is 15.0. The van der Waals surface area contributed by atoms with Crippen molar-refractivity contribution in [3.8, 4) is 6.07 Å². The lowest BCUT2D eigenvalue weighted by molar-refractivity contribution is -0.113. The Kier molecular flexibility index (Phi) is 5.25. The number of aromatic amines is 1. The first kappa shape index (κ1) is 18.7. The molecule has 2 aromatic rings. The summed E-state index contributed by atoms with van der Waals surface area (Å²) < 4.78 is 0. The van der Waals surface area contributed by atoms with Gasteiger partial charge in [0.1, 0.15) is 11.1 Å². The number of rotatable bonds is 4. The molecule has 0 bridgehead atoms. The summed E-state index contributed by atoms with van der Waals surface area (Å²) in [6.45, 7) is 6.78. The molecule has 0 saturated carbocycles. The molecule has 4 N–H and O–H groups in total. The maximum atomic E-state index is 12.3. The van der Waals surface area contributed by atoms with Crippen LogP contribution in [-0.2, 0) is 17.6 Å². The van der Waals surface area contributed by atoms with Gasteiger partial charge in [-0.25, -0.2) is 5.10 Å². The molecule has 1 atom stereocenters. The maximum Gasteiger partial charge on any atom is 0.235 e. The normalized spacial score (nSPS) is 16.8. The molecule has 2 aromatic heterocycles. The lowest BCUT2D eigenvalue weighted by Gasteiger charge is -2.33. The Morgan fingerprint density at radius 2 is 2.31 bits per heavy atom. The summed E-state index contributed by atoms with van der Waals surface area (Å²) in [4.78, 5) is 17.5. The second-order valence-corrected chi connectivity index (χ2v) is 9.51. The highest BCUT2D eigenvalue weighted by atomic mass is 32.2. The van der Waals surface area contributed by atoms with Gasteiger partial charge in [-0.1, -0.05) is 32.5 Å². The molecule has 0 radical (unpaired) electrons. The van der Waals surface area contributed by atoms with Gasteiger partial charge < -0.3 is 11.1 Å². The first-order chi connectivity index (χ1) is 12.3. The van der Waals surface area contributed by atoms with Gasteiger partial charge in [0.2, 0.25) is 17.0 Å². The Bertz CT molecular complexity index is 858. The van der Waals surface area contributed by atoms with E-state index in [1.54, 1.807) is 0 Å². The number of anilines is 2. The van der Waals surface area contributed by atoms with Crippen molar-refractivity contribution < 1.29 is 4.79 Å². The molecule has 0 aliphatic heterocycles. The van der Waals surface area contributed by atoms with Crippen LogP contribution in [0.5, 0.6) is 0 Å². The van der Waals surface area contributed by atoms with E-state index in [1.807, 2.05) is 0 Å². The molecule has 0 aromatic carbocycles. The number of fused-ring (bicyclic) bond motifs is 1. The minimum Gasteiger partial charge on any atom is -0.368 e. The first-order valence-electron chi connectivity index (χ1n) is 8.43. The van der Waals surface area contributed by atoms with E-state index in [9.17, 15) is 10.1 Å². The Morgan fingerprint density at radius 3 is 2.92 bits per heavy atom. The number of amides is 1. The van der Waals surface area contributed by atoms with Crippen LogP contribution in [0.15, 0.2) is 5.16 Å². The third-order valence-corrected chi connectivity index (χ3v) is 6.69. The zero-order chi connectivity index (χ0) is 18.9. The predicted molar refractivity (Wildman–Crippen MR) is 104 cm³/mol. The molecule has 1 aliphatic rings. The second-order valence-electron chi connectivity index (χ2n) is 7.47. The van der Waals surface area contributed by atoms with E-state index in [0.717, 1.165) is 24.8 Å². The average Bonchev–Trinajstić information content (AvgIpc) is 3.14. The number of hydrogen-bond acceptors (Lipinski definition) is 7. The molecule has 138 valence electrons. The van der Waals surface area contributed by atoms with Crippen LogP contribution in [0.3, 0.4) is 0 Å². The molecule has 7 nitrogen and oxygen atoms in total. The van der Waals surface area contributed by atoms with Crippen molar-refractivity contribution in [2.24, 2.45) is 11.3 Å². The van der Waals surface area contributed by atoms with E-state index in [-0.39, 0.29) is 23.0 Å². The zero-order valence-corrected chi connectivity index (χ0v) is 16.7. The van der Waals surface area contributed by atoms with Gasteiger partial charge in [0.05, 0.1) is 11.3 Å². The van der Waals surface area contributed by atoms with Crippen molar-refractivity contribution in [2.75, 3.05) is 16.8 Å². The predicted octanol–water partition coefficient (Wildman–Crippen LogP) is 3.20. The topological polar surface area (TPSA) is 120 Å². The maximum absolute atomic E-state index is 12.3. The molecule has 26 heavy (non-hydrogen) atoms.